The third kappa shape index (κ3) is 6.42. The summed E-state index contributed by atoms with van der Waals surface area (Å²) in [6.45, 7) is 8.35. The van der Waals surface area contributed by atoms with Gasteiger partial charge in [0.05, 0.1) is 16.0 Å². The van der Waals surface area contributed by atoms with Crippen molar-refractivity contribution in [3.63, 3.8) is 0 Å². The Morgan fingerprint density at radius 2 is 1.66 bits per heavy atom. The fourth-order valence-electron chi connectivity index (χ4n) is 3.36. The Bertz CT molecular complexity index is 1390. The lowest BCUT2D eigenvalue weighted by Gasteiger charge is -2.19. The van der Waals surface area contributed by atoms with Crippen molar-refractivity contribution in [2.24, 2.45) is 0 Å². The van der Waals surface area contributed by atoms with Crippen LogP contribution in [0.4, 0.5) is 11.4 Å². The first kappa shape index (κ1) is 25.2. The molecule has 0 aliphatic heterocycles. The van der Waals surface area contributed by atoms with Gasteiger partial charge in [-0.15, -0.1) is 11.3 Å². The summed E-state index contributed by atoms with van der Waals surface area (Å²) in [5, 5.41) is 6.44. The van der Waals surface area contributed by atoms with Crippen molar-refractivity contribution >= 4 is 68.1 Å². The number of aryl methyl sites for hydroxylation is 1. The van der Waals surface area contributed by atoms with E-state index in [1.165, 1.54) is 28.7 Å². The number of rotatable bonds is 6. The van der Waals surface area contributed by atoms with E-state index in [1.807, 2.05) is 61.5 Å². The molecular weight excluding hydrogens is 498 g/mol. The van der Waals surface area contributed by atoms with E-state index in [9.17, 15) is 9.59 Å². The molecule has 2 amide bonds. The molecule has 4 aromatic rings. The minimum Gasteiger partial charge on any atom is -0.325 e. The van der Waals surface area contributed by atoms with Gasteiger partial charge in [0.2, 0.25) is 5.91 Å². The maximum atomic E-state index is 12.7. The van der Waals surface area contributed by atoms with Crippen molar-refractivity contribution in [1.82, 2.24) is 4.98 Å². The number of nitrogens with zero attached hydrogens (tertiary/aromatic N) is 1. The largest absolute Gasteiger partial charge is 0.325 e. The normalized spacial score (nSPS) is 11.5. The van der Waals surface area contributed by atoms with Gasteiger partial charge >= 0.3 is 0 Å². The maximum absolute atomic E-state index is 12.7. The molecule has 0 saturated heterocycles. The van der Waals surface area contributed by atoms with Gasteiger partial charge < -0.3 is 10.6 Å². The average molecular weight is 524 g/mol. The molecule has 4 rings (SSSR count). The van der Waals surface area contributed by atoms with Crippen LogP contribution in [-0.4, -0.2) is 22.6 Å². The van der Waals surface area contributed by atoms with Crippen molar-refractivity contribution in [1.29, 1.82) is 0 Å². The van der Waals surface area contributed by atoms with Gasteiger partial charge in [-0.3, -0.25) is 9.59 Å². The van der Waals surface area contributed by atoms with Gasteiger partial charge in [0.15, 0.2) is 4.34 Å². The van der Waals surface area contributed by atoms with Crippen LogP contribution < -0.4 is 10.6 Å². The predicted octanol–water partition coefficient (Wildman–Crippen LogP) is 7.54. The van der Waals surface area contributed by atoms with Crippen LogP contribution in [0.3, 0.4) is 0 Å². The van der Waals surface area contributed by atoms with Crippen LogP contribution in [0.2, 0.25) is 5.02 Å². The zero-order valence-electron chi connectivity index (χ0n) is 19.9. The number of benzene rings is 3. The number of carbonyl (C=O) groups excluding carboxylic acids is 2. The zero-order valence-corrected chi connectivity index (χ0v) is 22.3. The molecule has 0 unspecified atom stereocenters. The minimum atomic E-state index is -0.156. The summed E-state index contributed by atoms with van der Waals surface area (Å²) in [6.07, 6.45) is 0. The Labute approximate surface area is 218 Å². The first-order valence-electron chi connectivity index (χ1n) is 11.1. The second-order valence-corrected chi connectivity index (χ2v) is 11.9. The first-order chi connectivity index (χ1) is 16.6. The van der Waals surface area contributed by atoms with Crippen LogP contribution in [0.15, 0.2) is 65.0 Å². The van der Waals surface area contributed by atoms with E-state index in [4.69, 9.17) is 11.6 Å². The van der Waals surface area contributed by atoms with Gasteiger partial charge in [0.25, 0.3) is 5.91 Å². The number of nitrogens with one attached hydrogen (secondary N) is 2. The number of thiazole rings is 1. The highest BCUT2D eigenvalue weighted by Crippen LogP contribution is 2.32. The van der Waals surface area contributed by atoms with E-state index >= 15 is 0 Å². The van der Waals surface area contributed by atoms with Crippen molar-refractivity contribution in [3.05, 3.63) is 82.4 Å². The Hall–Kier alpha value is -2.87. The molecule has 2 N–H and O–H groups in total. The number of amides is 2. The minimum absolute atomic E-state index is 0.0387. The summed E-state index contributed by atoms with van der Waals surface area (Å²) in [6, 6.07) is 18.8. The molecule has 35 heavy (non-hydrogen) atoms. The fourth-order valence-corrected chi connectivity index (χ4v) is 5.45. The lowest BCUT2D eigenvalue weighted by Crippen LogP contribution is -2.14. The van der Waals surface area contributed by atoms with Crippen molar-refractivity contribution in [2.45, 2.75) is 37.4 Å². The number of thioether (sulfide) groups is 1. The lowest BCUT2D eigenvalue weighted by molar-refractivity contribution is -0.113. The summed E-state index contributed by atoms with van der Waals surface area (Å²) in [5.74, 6) is -0.0455. The van der Waals surface area contributed by atoms with E-state index in [2.05, 4.69) is 36.4 Å². The molecular formula is C27H26ClN3O2S2. The number of carbonyl (C=O) groups is 2. The van der Waals surface area contributed by atoms with Crippen LogP contribution in [0, 0.1) is 6.92 Å². The summed E-state index contributed by atoms with van der Waals surface area (Å²) < 4.78 is 1.73. The van der Waals surface area contributed by atoms with Crippen LogP contribution >= 0.6 is 34.7 Å². The number of halogens is 1. The summed E-state index contributed by atoms with van der Waals surface area (Å²) in [5.41, 5.74) is 5.00. The quantitative estimate of drug-likeness (QED) is 0.256. The third-order valence-corrected chi connectivity index (χ3v) is 7.99. The molecule has 5 nitrogen and oxygen atoms in total. The molecule has 0 spiro atoms. The van der Waals surface area contributed by atoms with Crippen LogP contribution in [0.25, 0.3) is 10.2 Å². The van der Waals surface area contributed by atoms with E-state index in [0.29, 0.717) is 22.0 Å². The molecule has 0 saturated carbocycles. The number of aromatic nitrogens is 1. The first-order valence-corrected chi connectivity index (χ1v) is 13.3. The third-order valence-electron chi connectivity index (χ3n) is 5.42. The van der Waals surface area contributed by atoms with Crippen molar-refractivity contribution in [3.8, 4) is 0 Å². The van der Waals surface area contributed by atoms with Crippen LogP contribution in [0.5, 0.6) is 0 Å². The molecule has 0 aliphatic carbocycles. The summed E-state index contributed by atoms with van der Waals surface area (Å²) in [7, 11) is 0. The standard InChI is InChI=1S/C27H26ClN3O2S2/c1-16-5-10-19(13-21(16)28)29-24(32)15-34-26-31-22-12-11-20(14-23(22)35-26)30-25(33)17-6-8-18(9-7-17)27(2,3)4/h5-14H,15H2,1-4H3,(H,29,32)(H,30,33). The van der Waals surface area contributed by atoms with Crippen LogP contribution in [0.1, 0.15) is 42.3 Å². The Balaban J connectivity index is 1.37. The highest BCUT2D eigenvalue weighted by molar-refractivity contribution is 8.01. The van der Waals surface area contributed by atoms with Gasteiger partial charge in [0.1, 0.15) is 0 Å². The molecule has 1 aromatic heterocycles. The van der Waals surface area contributed by atoms with Gasteiger partial charge in [-0.05, 0) is 65.9 Å². The van der Waals surface area contributed by atoms with Crippen LogP contribution in [-0.2, 0) is 10.2 Å². The van der Waals surface area contributed by atoms with Crippen molar-refractivity contribution < 1.29 is 9.59 Å². The Kier molecular flexibility index (Phi) is 7.50. The SMILES string of the molecule is Cc1ccc(NC(=O)CSc2nc3ccc(NC(=O)c4ccc(C(C)(C)C)cc4)cc3s2)cc1Cl. The zero-order chi connectivity index (χ0) is 25.2. The lowest BCUT2D eigenvalue weighted by atomic mass is 9.87. The molecule has 8 heteroatoms. The second kappa shape index (κ2) is 10.4. The van der Waals surface area contributed by atoms with Gasteiger partial charge in [-0.25, -0.2) is 4.98 Å². The molecule has 0 radical (unpaired) electrons. The predicted molar refractivity (Wildman–Crippen MR) is 148 cm³/mol. The molecule has 1 heterocycles. The Morgan fingerprint density at radius 3 is 2.34 bits per heavy atom. The summed E-state index contributed by atoms with van der Waals surface area (Å²) in [4.78, 5) is 29.6. The molecule has 0 aliphatic rings. The van der Waals surface area contributed by atoms with Gasteiger partial charge in [-0.2, -0.15) is 0 Å². The summed E-state index contributed by atoms with van der Waals surface area (Å²) >= 11 is 8.99. The maximum Gasteiger partial charge on any atom is 0.255 e. The highest BCUT2D eigenvalue weighted by Gasteiger charge is 2.15. The molecule has 180 valence electrons. The fraction of sp³-hybridized carbons (Fsp3) is 0.222. The smallest absolute Gasteiger partial charge is 0.255 e. The number of fused-ring (bicyclic) bond motifs is 1. The van der Waals surface area contributed by atoms with Gasteiger partial charge in [-0.1, -0.05) is 62.3 Å². The molecule has 0 bridgehead atoms. The second-order valence-electron chi connectivity index (χ2n) is 9.24. The average Bonchev–Trinajstić information content (AvgIpc) is 3.22. The van der Waals surface area contributed by atoms with Crippen molar-refractivity contribution in [2.75, 3.05) is 16.4 Å². The van der Waals surface area contributed by atoms with E-state index < -0.39 is 0 Å². The molecule has 0 atom stereocenters. The monoisotopic (exact) mass is 523 g/mol. The van der Waals surface area contributed by atoms with E-state index in [0.717, 1.165) is 20.1 Å². The highest BCUT2D eigenvalue weighted by atomic mass is 35.5. The molecule has 3 aromatic carbocycles. The van der Waals surface area contributed by atoms with E-state index in [1.54, 1.807) is 6.07 Å². The molecule has 0 fully saturated rings. The van der Waals surface area contributed by atoms with Gasteiger partial charge in [0, 0.05) is 22.0 Å². The van der Waals surface area contributed by atoms with E-state index in [-0.39, 0.29) is 23.0 Å². The number of hydrogen-bond acceptors (Lipinski definition) is 5. The topological polar surface area (TPSA) is 71.1 Å². The number of anilines is 2. The Morgan fingerprint density at radius 1 is 0.971 bits per heavy atom. The number of hydrogen-bond donors (Lipinski definition) is 2.